The zero-order chi connectivity index (χ0) is 13.8. The molecule has 18 heavy (non-hydrogen) atoms. The van der Waals surface area contributed by atoms with E-state index in [1.807, 2.05) is 52.1 Å². The van der Waals surface area contributed by atoms with Crippen LogP contribution >= 0.6 is 0 Å². The lowest BCUT2D eigenvalue weighted by Crippen LogP contribution is -2.41. The summed E-state index contributed by atoms with van der Waals surface area (Å²) in [6.45, 7) is 6.29. The average molecular weight is 270 g/mol. The molecule has 0 aliphatic rings. The number of nitrogens with one attached hydrogen (secondary N) is 2. The van der Waals surface area contributed by atoms with Crippen LogP contribution in [0.15, 0.2) is 24.3 Å². The molecule has 4 nitrogen and oxygen atoms in total. The molecule has 0 heterocycles. The van der Waals surface area contributed by atoms with Crippen LogP contribution < -0.4 is 10.0 Å². The first kappa shape index (κ1) is 15.1. The summed E-state index contributed by atoms with van der Waals surface area (Å²) in [6.07, 6.45) is 0. The molecular weight excluding hydrogens is 248 g/mol. The zero-order valence-electron chi connectivity index (χ0n) is 11.4. The van der Waals surface area contributed by atoms with Gasteiger partial charge in [0, 0.05) is 12.1 Å². The minimum atomic E-state index is -3.28. The highest BCUT2D eigenvalue weighted by atomic mass is 32.2. The van der Waals surface area contributed by atoms with Crippen LogP contribution in [0.25, 0.3) is 0 Å². The van der Waals surface area contributed by atoms with E-state index in [0.29, 0.717) is 0 Å². The second kappa shape index (κ2) is 5.82. The normalized spacial score (nSPS) is 12.7. The molecule has 1 aromatic carbocycles. The Kier molecular flexibility index (Phi) is 4.90. The Morgan fingerprint density at radius 2 is 1.56 bits per heavy atom. The van der Waals surface area contributed by atoms with Crippen molar-refractivity contribution < 1.29 is 8.42 Å². The number of benzene rings is 1. The molecule has 0 saturated heterocycles. The highest BCUT2D eigenvalue weighted by molar-refractivity contribution is 7.88. The van der Waals surface area contributed by atoms with Gasteiger partial charge < -0.3 is 5.32 Å². The largest absolute Gasteiger partial charge is 0.316 e. The monoisotopic (exact) mass is 270 g/mol. The molecule has 0 aliphatic carbocycles. The Balaban J connectivity index is 2.72. The second-order valence-electron chi connectivity index (χ2n) is 5.46. The summed E-state index contributed by atoms with van der Waals surface area (Å²) in [4.78, 5) is 0. The minimum Gasteiger partial charge on any atom is -0.316 e. The number of hydrogen-bond donors (Lipinski definition) is 2. The van der Waals surface area contributed by atoms with Crippen LogP contribution in [0.4, 0.5) is 0 Å². The molecule has 0 fully saturated rings. The maximum absolute atomic E-state index is 11.9. The van der Waals surface area contributed by atoms with Crippen LogP contribution in [-0.2, 0) is 22.3 Å². The zero-order valence-corrected chi connectivity index (χ0v) is 12.3. The van der Waals surface area contributed by atoms with Crippen molar-refractivity contribution in [3.63, 3.8) is 0 Å². The minimum absolute atomic E-state index is 0.0180. The fraction of sp³-hybridized carbons (Fsp3) is 0.538. The van der Waals surface area contributed by atoms with Gasteiger partial charge in [-0.1, -0.05) is 24.3 Å². The highest BCUT2D eigenvalue weighted by Crippen LogP contribution is 2.10. The van der Waals surface area contributed by atoms with Crippen LogP contribution in [0.1, 0.15) is 31.9 Å². The van der Waals surface area contributed by atoms with Crippen molar-refractivity contribution >= 4 is 10.0 Å². The molecule has 2 N–H and O–H groups in total. The molecule has 0 amide bonds. The summed E-state index contributed by atoms with van der Waals surface area (Å²) in [5, 5.41) is 3.05. The molecule has 0 aliphatic heterocycles. The van der Waals surface area contributed by atoms with Crippen molar-refractivity contribution in [3.8, 4) is 0 Å². The van der Waals surface area contributed by atoms with Crippen molar-refractivity contribution in [2.45, 2.75) is 38.6 Å². The van der Waals surface area contributed by atoms with E-state index in [9.17, 15) is 8.42 Å². The van der Waals surface area contributed by atoms with Crippen LogP contribution in [0.3, 0.4) is 0 Å². The van der Waals surface area contributed by atoms with E-state index in [4.69, 9.17) is 0 Å². The van der Waals surface area contributed by atoms with Crippen molar-refractivity contribution in [1.29, 1.82) is 0 Å². The molecule has 0 spiro atoms. The summed E-state index contributed by atoms with van der Waals surface area (Å²) in [6, 6.07) is 7.60. The van der Waals surface area contributed by atoms with Gasteiger partial charge in [0.05, 0.1) is 5.75 Å². The molecule has 1 aromatic rings. The molecular formula is C13H22N2O2S. The van der Waals surface area contributed by atoms with Gasteiger partial charge in [-0.2, -0.15) is 0 Å². The highest BCUT2D eigenvalue weighted by Gasteiger charge is 2.20. The van der Waals surface area contributed by atoms with Crippen molar-refractivity contribution in [2.24, 2.45) is 0 Å². The number of rotatable bonds is 5. The number of hydrogen-bond acceptors (Lipinski definition) is 3. The van der Waals surface area contributed by atoms with Crippen LogP contribution in [0, 0.1) is 0 Å². The van der Waals surface area contributed by atoms with Crippen molar-refractivity contribution in [2.75, 3.05) is 7.05 Å². The molecule has 0 aromatic heterocycles. The molecule has 0 radical (unpaired) electrons. The first-order valence-electron chi connectivity index (χ1n) is 5.96. The summed E-state index contributed by atoms with van der Waals surface area (Å²) >= 11 is 0. The first-order chi connectivity index (χ1) is 8.22. The quantitative estimate of drug-likeness (QED) is 0.855. The summed E-state index contributed by atoms with van der Waals surface area (Å²) in [5.41, 5.74) is 1.50. The Labute approximate surface area is 110 Å². The lowest BCUT2D eigenvalue weighted by Gasteiger charge is -2.20. The van der Waals surface area contributed by atoms with Gasteiger partial charge in [-0.25, -0.2) is 13.1 Å². The van der Waals surface area contributed by atoms with Gasteiger partial charge in [-0.15, -0.1) is 0 Å². The standard InChI is InChI=1S/C13H22N2O2S/c1-13(2,3)15-18(16,17)10-12-7-5-11(6-8-12)9-14-4/h5-8,14-15H,9-10H2,1-4H3. The smallest absolute Gasteiger partial charge is 0.216 e. The first-order valence-corrected chi connectivity index (χ1v) is 7.61. The average Bonchev–Trinajstić information content (AvgIpc) is 2.17. The van der Waals surface area contributed by atoms with Crippen LogP contribution in [-0.4, -0.2) is 21.0 Å². The van der Waals surface area contributed by atoms with Crippen molar-refractivity contribution in [1.82, 2.24) is 10.0 Å². The molecule has 102 valence electrons. The summed E-state index contributed by atoms with van der Waals surface area (Å²) < 4.78 is 26.4. The lowest BCUT2D eigenvalue weighted by molar-refractivity contribution is 0.491. The molecule has 1 rings (SSSR count). The third-order valence-corrected chi connectivity index (χ3v) is 3.86. The van der Waals surface area contributed by atoms with E-state index in [1.165, 1.54) is 0 Å². The van der Waals surface area contributed by atoms with Gasteiger partial charge in [0.25, 0.3) is 0 Å². The third-order valence-electron chi connectivity index (χ3n) is 2.22. The van der Waals surface area contributed by atoms with E-state index in [-0.39, 0.29) is 5.75 Å². The maximum Gasteiger partial charge on any atom is 0.216 e. The predicted octanol–water partition coefficient (Wildman–Crippen LogP) is 1.62. The summed E-state index contributed by atoms with van der Waals surface area (Å²) in [7, 11) is -1.40. The maximum atomic E-state index is 11.9. The lowest BCUT2D eigenvalue weighted by atomic mass is 10.1. The fourth-order valence-corrected chi connectivity index (χ4v) is 3.32. The van der Waals surface area contributed by atoms with Gasteiger partial charge in [0.2, 0.25) is 10.0 Å². The predicted molar refractivity (Wildman–Crippen MR) is 74.7 cm³/mol. The molecule has 0 atom stereocenters. The van der Waals surface area contributed by atoms with Crippen molar-refractivity contribution in [3.05, 3.63) is 35.4 Å². The fourth-order valence-electron chi connectivity index (χ4n) is 1.68. The van der Waals surface area contributed by atoms with Gasteiger partial charge in [0.15, 0.2) is 0 Å². The van der Waals surface area contributed by atoms with E-state index in [0.717, 1.165) is 17.7 Å². The van der Waals surface area contributed by atoms with E-state index < -0.39 is 15.6 Å². The van der Waals surface area contributed by atoms with E-state index >= 15 is 0 Å². The molecule has 0 unspecified atom stereocenters. The molecule has 0 bridgehead atoms. The third kappa shape index (κ3) is 5.62. The van der Waals surface area contributed by atoms with Gasteiger partial charge in [-0.3, -0.25) is 0 Å². The second-order valence-corrected chi connectivity index (χ2v) is 7.18. The van der Waals surface area contributed by atoms with Crippen LogP contribution in [0.2, 0.25) is 0 Å². The van der Waals surface area contributed by atoms with Gasteiger partial charge in [-0.05, 0) is 38.9 Å². The Morgan fingerprint density at radius 3 is 2.00 bits per heavy atom. The van der Waals surface area contributed by atoms with Gasteiger partial charge in [0.1, 0.15) is 0 Å². The molecule has 5 heteroatoms. The number of sulfonamides is 1. The summed E-state index contributed by atoms with van der Waals surface area (Å²) in [5.74, 6) is 0.0180. The van der Waals surface area contributed by atoms with E-state index in [2.05, 4.69) is 10.0 Å². The SMILES string of the molecule is CNCc1ccc(CS(=O)(=O)NC(C)(C)C)cc1. The Hall–Kier alpha value is -0.910. The molecule has 0 saturated carbocycles. The van der Waals surface area contributed by atoms with Gasteiger partial charge >= 0.3 is 0 Å². The van der Waals surface area contributed by atoms with Crippen LogP contribution in [0.5, 0.6) is 0 Å². The Bertz CT molecular complexity index is 473. The topological polar surface area (TPSA) is 58.2 Å². The van der Waals surface area contributed by atoms with E-state index in [1.54, 1.807) is 0 Å². The Morgan fingerprint density at radius 1 is 1.06 bits per heavy atom.